The summed E-state index contributed by atoms with van der Waals surface area (Å²) in [6.07, 6.45) is 2.11. The van der Waals surface area contributed by atoms with Crippen molar-refractivity contribution in [3.8, 4) is 0 Å². The van der Waals surface area contributed by atoms with Crippen molar-refractivity contribution in [3.05, 3.63) is 48.0 Å². The predicted molar refractivity (Wildman–Crippen MR) is 128 cm³/mol. The number of aliphatic hydroxyl groups excluding tert-OH is 1. The van der Waals surface area contributed by atoms with Crippen LogP contribution in [0.25, 0.3) is 0 Å². The third-order valence-electron chi connectivity index (χ3n) is 9.49. The molecule has 6 nitrogen and oxygen atoms in total. The summed E-state index contributed by atoms with van der Waals surface area (Å²) < 4.78 is 55.3. The Kier molecular flexibility index (Phi) is 6.50. The van der Waals surface area contributed by atoms with Gasteiger partial charge in [-0.15, -0.1) is 0 Å². The van der Waals surface area contributed by atoms with E-state index in [1.165, 1.54) is 24.5 Å². The Bertz CT molecular complexity index is 1160. The van der Waals surface area contributed by atoms with Crippen LogP contribution < -0.4 is 0 Å². The summed E-state index contributed by atoms with van der Waals surface area (Å²) in [5, 5.41) is 10.6. The molecule has 1 N–H and O–H groups in total. The molecule has 0 amide bonds. The van der Waals surface area contributed by atoms with Gasteiger partial charge in [0.2, 0.25) is 17.3 Å². The topological polar surface area (TPSA) is 93.8 Å². The van der Waals surface area contributed by atoms with Crippen molar-refractivity contribution < 1.29 is 41.8 Å². The van der Waals surface area contributed by atoms with E-state index in [9.17, 15) is 23.9 Å². The largest absolute Gasteiger partial charge is 0.457 e. The minimum Gasteiger partial charge on any atom is -0.457 e. The molecule has 10 heteroatoms. The van der Waals surface area contributed by atoms with Gasteiger partial charge in [0.25, 0.3) is 0 Å². The van der Waals surface area contributed by atoms with Gasteiger partial charge in [-0.3, -0.25) is 9.59 Å². The van der Waals surface area contributed by atoms with Gasteiger partial charge in [0, 0.05) is 17.3 Å². The van der Waals surface area contributed by atoms with Crippen molar-refractivity contribution in [3.63, 3.8) is 0 Å². The highest BCUT2D eigenvalue weighted by Gasteiger charge is 2.78. The highest BCUT2D eigenvalue weighted by atomic mass is 32.2. The molecular weight excluding hydrogens is 509 g/mol. The van der Waals surface area contributed by atoms with E-state index >= 15 is 8.78 Å². The van der Waals surface area contributed by atoms with Crippen LogP contribution in [0, 0.1) is 34.5 Å². The lowest BCUT2D eigenvalue weighted by Gasteiger charge is -2.60. The Morgan fingerprint density at radius 3 is 2.76 bits per heavy atom. The number of furan rings is 1. The van der Waals surface area contributed by atoms with Gasteiger partial charge in [-0.2, -0.15) is 0 Å². The predicted octanol–water partition coefficient (Wildman–Crippen LogP) is 5.13. The van der Waals surface area contributed by atoms with Crippen LogP contribution in [0.4, 0.5) is 13.2 Å². The lowest BCUT2D eigenvalue weighted by Crippen LogP contribution is -2.67. The zero-order valence-electron chi connectivity index (χ0n) is 20.5. The number of esters is 1. The van der Waals surface area contributed by atoms with Gasteiger partial charge < -0.3 is 14.3 Å². The molecule has 1 aromatic rings. The third kappa shape index (κ3) is 3.54. The number of thioether (sulfide) groups is 1. The minimum atomic E-state index is -3.14. The maximum Gasteiger partial charge on any atom is 0.375 e. The Hall–Kier alpha value is -2.33. The molecule has 4 aliphatic carbocycles. The number of ether oxygens (including phenoxy) is 1. The SMILES string of the molecule is CC1C[C@H]2[C@@H]3CCC4=CC(=O)C=C[C@]4(C)[C@H]3C(O)C[C@]2(C(F)F)C1(OC(=O)c1ccco1)C(=O)SCF. The molecule has 0 radical (unpaired) electrons. The van der Waals surface area contributed by atoms with Crippen LogP contribution in [0.2, 0.25) is 0 Å². The quantitative estimate of drug-likeness (QED) is 0.520. The third-order valence-corrected chi connectivity index (χ3v) is 10.2. The van der Waals surface area contributed by atoms with Gasteiger partial charge in [-0.1, -0.05) is 25.5 Å². The van der Waals surface area contributed by atoms with Gasteiger partial charge in [0.1, 0.15) is 6.01 Å². The van der Waals surface area contributed by atoms with Crippen LogP contribution in [0.3, 0.4) is 0 Å². The molecule has 3 saturated carbocycles. The molecule has 1 aromatic heterocycles. The molecule has 37 heavy (non-hydrogen) atoms. The monoisotopic (exact) mass is 538 g/mol. The van der Waals surface area contributed by atoms with Crippen LogP contribution in [0.5, 0.6) is 0 Å². The van der Waals surface area contributed by atoms with Gasteiger partial charge in [0.05, 0.1) is 17.8 Å². The second-order valence-corrected chi connectivity index (χ2v) is 11.8. The number of rotatable bonds is 5. The summed E-state index contributed by atoms with van der Waals surface area (Å²) in [7, 11) is 0. The summed E-state index contributed by atoms with van der Waals surface area (Å²) in [4.78, 5) is 38.7. The number of aliphatic hydroxyl groups is 1. The van der Waals surface area contributed by atoms with Gasteiger partial charge in [-0.25, -0.2) is 18.0 Å². The van der Waals surface area contributed by atoms with E-state index in [0.29, 0.717) is 12.8 Å². The first-order valence-electron chi connectivity index (χ1n) is 12.4. The number of ketones is 1. The molecule has 3 unspecified atom stereocenters. The van der Waals surface area contributed by atoms with E-state index in [1.807, 2.05) is 6.92 Å². The average molecular weight is 539 g/mol. The van der Waals surface area contributed by atoms with Crippen molar-refractivity contribution in [2.24, 2.45) is 34.5 Å². The summed E-state index contributed by atoms with van der Waals surface area (Å²) in [6, 6.07) is 1.55. The smallest absolute Gasteiger partial charge is 0.375 e. The lowest BCUT2D eigenvalue weighted by molar-refractivity contribution is -0.222. The van der Waals surface area contributed by atoms with Crippen LogP contribution in [0.1, 0.15) is 50.1 Å². The maximum atomic E-state index is 15.5. The number of carbonyl (C=O) groups is 3. The molecule has 0 saturated heterocycles. The highest BCUT2D eigenvalue weighted by Crippen LogP contribution is 2.71. The van der Waals surface area contributed by atoms with E-state index in [-0.39, 0.29) is 29.7 Å². The van der Waals surface area contributed by atoms with E-state index in [2.05, 4.69) is 0 Å². The van der Waals surface area contributed by atoms with Crippen molar-refractivity contribution in [1.82, 2.24) is 0 Å². The normalized spacial score (nSPS) is 40.6. The number of hydrogen-bond acceptors (Lipinski definition) is 7. The fourth-order valence-electron chi connectivity index (χ4n) is 8.10. The van der Waals surface area contributed by atoms with E-state index < -0.39 is 76.1 Å². The number of halogens is 3. The molecule has 0 spiro atoms. The first kappa shape index (κ1) is 26.3. The van der Waals surface area contributed by atoms with Crippen LogP contribution >= 0.6 is 11.8 Å². The summed E-state index contributed by atoms with van der Waals surface area (Å²) in [5.74, 6) is -4.05. The minimum absolute atomic E-state index is 0.139. The molecule has 3 fully saturated rings. The number of fused-ring (bicyclic) bond motifs is 5. The van der Waals surface area contributed by atoms with Crippen LogP contribution in [-0.2, 0) is 14.3 Å². The molecule has 200 valence electrons. The van der Waals surface area contributed by atoms with E-state index in [0.717, 1.165) is 5.57 Å². The Morgan fingerprint density at radius 1 is 1.35 bits per heavy atom. The van der Waals surface area contributed by atoms with Gasteiger partial charge in [-0.05, 0) is 73.6 Å². The zero-order chi connectivity index (χ0) is 26.8. The number of allylic oxidation sites excluding steroid dienone is 4. The molecular formula is C27H29F3O6S. The first-order valence-corrected chi connectivity index (χ1v) is 13.4. The lowest BCUT2D eigenvalue weighted by atomic mass is 9.46. The number of alkyl halides is 3. The average Bonchev–Trinajstić information content (AvgIpc) is 3.46. The van der Waals surface area contributed by atoms with Crippen molar-refractivity contribution in [1.29, 1.82) is 0 Å². The fraction of sp³-hybridized carbons (Fsp3) is 0.593. The van der Waals surface area contributed by atoms with E-state index in [1.54, 1.807) is 19.1 Å². The molecule has 0 bridgehead atoms. The Morgan fingerprint density at radius 2 is 2.11 bits per heavy atom. The molecule has 1 heterocycles. The summed E-state index contributed by atoms with van der Waals surface area (Å²) >= 11 is 0.204. The highest BCUT2D eigenvalue weighted by molar-refractivity contribution is 8.13. The van der Waals surface area contributed by atoms with Crippen LogP contribution in [0.15, 0.2) is 46.6 Å². The summed E-state index contributed by atoms with van der Waals surface area (Å²) in [6.45, 7) is 3.48. The standard InChI is InChI=1S/C27H29F3O6S/c1-14-10-18-17-6-5-15-11-16(31)7-8-25(15,2)21(17)19(32)12-26(18,23(29)30)27(14,24(34)37-13-28)36-22(33)20-4-3-9-35-20/h3-4,7-9,11,14,17-19,21,23,32H,5-6,10,12-13H2,1-2H3/t14?,17-,18-,19?,21+,25-,26-,27?/m0/s1. The molecule has 0 aromatic carbocycles. The molecule has 8 atom stereocenters. The molecule has 5 rings (SSSR count). The van der Waals surface area contributed by atoms with E-state index in [4.69, 9.17) is 9.15 Å². The second kappa shape index (κ2) is 9.15. The van der Waals surface area contributed by atoms with Crippen molar-refractivity contribution in [2.75, 3.05) is 6.01 Å². The second-order valence-electron chi connectivity index (χ2n) is 10.9. The molecule has 0 aliphatic heterocycles. The van der Waals surface area contributed by atoms with Gasteiger partial charge >= 0.3 is 5.97 Å². The molecule has 4 aliphatic rings. The Balaban J connectivity index is 1.64. The van der Waals surface area contributed by atoms with Gasteiger partial charge in [0.15, 0.2) is 11.4 Å². The van der Waals surface area contributed by atoms with Crippen LogP contribution in [-0.4, -0.2) is 46.1 Å². The number of carbonyl (C=O) groups excluding carboxylic acids is 3. The van der Waals surface area contributed by atoms with Crippen molar-refractivity contribution in [2.45, 2.75) is 57.7 Å². The number of hydrogen-bond donors (Lipinski definition) is 1. The fourth-order valence-corrected chi connectivity index (χ4v) is 8.85. The summed E-state index contributed by atoms with van der Waals surface area (Å²) in [5.41, 5.74) is -4.44. The Labute approximate surface area is 216 Å². The van der Waals surface area contributed by atoms with Crippen molar-refractivity contribution >= 4 is 28.6 Å². The maximum absolute atomic E-state index is 15.5. The first-order chi connectivity index (χ1) is 17.5. The zero-order valence-corrected chi connectivity index (χ0v) is 21.3.